The van der Waals surface area contributed by atoms with Crippen molar-refractivity contribution in [1.29, 1.82) is 0 Å². The number of rotatable bonds is 9. The summed E-state index contributed by atoms with van der Waals surface area (Å²) in [5.41, 5.74) is 6.88. The number of aliphatic hydroxyl groups is 1. The molecule has 0 amide bonds. The van der Waals surface area contributed by atoms with Crippen LogP contribution in [-0.4, -0.2) is 38.5 Å². The first kappa shape index (κ1) is 16.8. The molecule has 1 aromatic carbocycles. The van der Waals surface area contributed by atoms with E-state index in [2.05, 4.69) is 12.2 Å². The number of methoxy groups -OCH3 is 2. The quantitative estimate of drug-likeness (QED) is 0.639. The van der Waals surface area contributed by atoms with Gasteiger partial charge in [-0.15, -0.1) is 0 Å². The summed E-state index contributed by atoms with van der Waals surface area (Å²) in [6.45, 7) is 2.70. The highest BCUT2D eigenvalue weighted by Gasteiger charge is 2.18. The Morgan fingerprint density at radius 2 is 2.05 bits per heavy atom. The third-order valence-electron chi connectivity index (χ3n) is 3.46. The van der Waals surface area contributed by atoms with Crippen LogP contribution < -0.4 is 20.5 Å². The number of hydrogen-bond acceptors (Lipinski definition) is 5. The molecule has 5 heteroatoms. The van der Waals surface area contributed by atoms with Crippen molar-refractivity contribution in [2.45, 2.75) is 31.8 Å². The molecule has 0 radical (unpaired) electrons. The Morgan fingerprint density at radius 1 is 1.30 bits per heavy atom. The molecule has 0 saturated heterocycles. The van der Waals surface area contributed by atoms with Crippen LogP contribution in [0, 0.1) is 0 Å². The van der Waals surface area contributed by atoms with Crippen molar-refractivity contribution < 1.29 is 14.6 Å². The topological polar surface area (TPSA) is 76.7 Å². The van der Waals surface area contributed by atoms with Gasteiger partial charge in [-0.05, 0) is 31.0 Å². The van der Waals surface area contributed by atoms with Gasteiger partial charge in [0.2, 0.25) is 0 Å². The van der Waals surface area contributed by atoms with E-state index in [0.717, 1.165) is 23.5 Å². The molecule has 114 valence electrons. The molecule has 1 aromatic rings. The molecule has 0 fully saturated rings. The van der Waals surface area contributed by atoms with Crippen molar-refractivity contribution in [3.63, 3.8) is 0 Å². The number of nitrogens with two attached hydrogens (primary N) is 1. The predicted octanol–water partition coefficient (Wildman–Crippen LogP) is 1.45. The number of nitrogens with one attached hydrogen (secondary N) is 1. The lowest BCUT2D eigenvalue weighted by Gasteiger charge is -2.25. The summed E-state index contributed by atoms with van der Waals surface area (Å²) in [4.78, 5) is 0. The first-order valence-electron chi connectivity index (χ1n) is 6.99. The summed E-state index contributed by atoms with van der Waals surface area (Å²) < 4.78 is 10.7. The predicted molar refractivity (Wildman–Crippen MR) is 80.3 cm³/mol. The Labute approximate surface area is 121 Å². The summed E-state index contributed by atoms with van der Waals surface area (Å²) in [7, 11) is 3.28. The first-order chi connectivity index (χ1) is 9.69. The van der Waals surface area contributed by atoms with E-state index in [0.29, 0.717) is 13.0 Å². The van der Waals surface area contributed by atoms with E-state index >= 15 is 0 Å². The Morgan fingerprint density at radius 3 is 2.55 bits per heavy atom. The van der Waals surface area contributed by atoms with Gasteiger partial charge in [0.25, 0.3) is 0 Å². The van der Waals surface area contributed by atoms with Crippen molar-refractivity contribution in [1.82, 2.24) is 5.32 Å². The van der Waals surface area contributed by atoms with Crippen LogP contribution in [0.1, 0.15) is 31.4 Å². The van der Waals surface area contributed by atoms with Crippen molar-refractivity contribution in [3.05, 3.63) is 23.8 Å². The SMILES string of the molecule is CCC(CCO)NC(CN)c1cc(OC)ccc1OC. The van der Waals surface area contributed by atoms with Crippen LogP contribution in [0.3, 0.4) is 0 Å². The van der Waals surface area contributed by atoms with Crippen LogP contribution in [0.4, 0.5) is 0 Å². The van der Waals surface area contributed by atoms with Gasteiger partial charge < -0.3 is 25.6 Å². The second-order valence-corrected chi connectivity index (χ2v) is 4.68. The molecule has 4 N–H and O–H groups in total. The molecule has 0 spiro atoms. The maximum absolute atomic E-state index is 9.09. The third-order valence-corrected chi connectivity index (χ3v) is 3.46. The van der Waals surface area contributed by atoms with E-state index in [1.54, 1.807) is 14.2 Å². The van der Waals surface area contributed by atoms with Crippen molar-refractivity contribution >= 4 is 0 Å². The van der Waals surface area contributed by atoms with Gasteiger partial charge in [-0.25, -0.2) is 0 Å². The van der Waals surface area contributed by atoms with Gasteiger partial charge in [-0.3, -0.25) is 0 Å². The number of hydrogen-bond donors (Lipinski definition) is 3. The third kappa shape index (κ3) is 4.37. The van der Waals surface area contributed by atoms with E-state index in [1.165, 1.54) is 0 Å². The highest BCUT2D eigenvalue weighted by Crippen LogP contribution is 2.29. The Balaban J connectivity index is 2.97. The lowest BCUT2D eigenvalue weighted by atomic mass is 10.0. The van der Waals surface area contributed by atoms with E-state index in [9.17, 15) is 0 Å². The van der Waals surface area contributed by atoms with Gasteiger partial charge >= 0.3 is 0 Å². The molecule has 0 aromatic heterocycles. The fourth-order valence-electron chi connectivity index (χ4n) is 2.24. The molecule has 2 atom stereocenters. The van der Waals surface area contributed by atoms with Gasteiger partial charge in [-0.1, -0.05) is 6.92 Å². The average molecular weight is 282 g/mol. The molecule has 5 nitrogen and oxygen atoms in total. The minimum Gasteiger partial charge on any atom is -0.497 e. The summed E-state index contributed by atoms with van der Waals surface area (Å²) in [6.07, 6.45) is 1.64. The number of ether oxygens (including phenoxy) is 2. The zero-order chi connectivity index (χ0) is 15.0. The van der Waals surface area contributed by atoms with E-state index in [-0.39, 0.29) is 18.7 Å². The molecule has 0 saturated carbocycles. The largest absolute Gasteiger partial charge is 0.497 e. The van der Waals surface area contributed by atoms with E-state index < -0.39 is 0 Å². The first-order valence-corrected chi connectivity index (χ1v) is 6.99. The van der Waals surface area contributed by atoms with Crippen LogP contribution in [0.15, 0.2) is 18.2 Å². The number of aliphatic hydroxyl groups excluding tert-OH is 1. The Bertz CT molecular complexity index is 399. The van der Waals surface area contributed by atoms with Gasteiger partial charge in [0.1, 0.15) is 11.5 Å². The molecule has 20 heavy (non-hydrogen) atoms. The average Bonchev–Trinajstić information content (AvgIpc) is 2.50. The summed E-state index contributed by atoms with van der Waals surface area (Å²) in [5, 5.41) is 12.6. The summed E-state index contributed by atoms with van der Waals surface area (Å²) in [6, 6.07) is 5.88. The standard InChI is InChI=1S/C15H26N2O3/c1-4-11(7-8-18)17-14(10-16)13-9-12(19-2)5-6-15(13)20-3/h5-6,9,11,14,17-18H,4,7-8,10,16H2,1-3H3. The molecule has 0 aliphatic heterocycles. The summed E-state index contributed by atoms with van der Waals surface area (Å²) in [5.74, 6) is 1.56. The molecular formula is C15H26N2O3. The Hall–Kier alpha value is -1.30. The maximum atomic E-state index is 9.09. The lowest BCUT2D eigenvalue weighted by molar-refractivity contribution is 0.255. The van der Waals surface area contributed by atoms with Gasteiger partial charge in [0, 0.05) is 30.8 Å². The van der Waals surface area contributed by atoms with Gasteiger partial charge in [0.05, 0.1) is 14.2 Å². The second kappa shape index (κ2) is 8.79. The van der Waals surface area contributed by atoms with Crippen molar-refractivity contribution in [3.8, 4) is 11.5 Å². The highest BCUT2D eigenvalue weighted by molar-refractivity contribution is 5.42. The maximum Gasteiger partial charge on any atom is 0.123 e. The van der Waals surface area contributed by atoms with Gasteiger partial charge in [0.15, 0.2) is 0 Å². The highest BCUT2D eigenvalue weighted by atomic mass is 16.5. The van der Waals surface area contributed by atoms with Crippen LogP contribution in [0.2, 0.25) is 0 Å². The minimum atomic E-state index is -0.0310. The van der Waals surface area contributed by atoms with Crippen molar-refractivity contribution in [2.24, 2.45) is 5.73 Å². The Kier molecular flexibility index (Phi) is 7.36. The number of benzene rings is 1. The molecule has 0 aliphatic carbocycles. The van der Waals surface area contributed by atoms with Crippen LogP contribution >= 0.6 is 0 Å². The van der Waals surface area contributed by atoms with E-state index in [4.69, 9.17) is 20.3 Å². The molecule has 0 bridgehead atoms. The minimum absolute atomic E-state index is 0.0310. The van der Waals surface area contributed by atoms with Crippen LogP contribution in [-0.2, 0) is 0 Å². The zero-order valence-electron chi connectivity index (χ0n) is 12.6. The second-order valence-electron chi connectivity index (χ2n) is 4.68. The molecule has 1 rings (SSSR count). The molecule has 0 aliphatic rings. The molecule has 0 heterocycles. The molecule has 2 unspecified atom stereocenters. The fraction of sp³-hybridized carbons (Fsp3) is 0.600. The van der Waals surface area contributed by atoms with Crippen LogP contribution in [0.25, 0.3) is 0 Å². The zero-order valence-corrected chi connectivity index (χ0v) is 12.6. The lowest BCUT2D eigenvalue weighted by Crippen LogP contribution is -2.37. The summed E-state index contributed by atoms with van der Waals surface area (Å²) >= 11 is 0. The van der Waals surface area contributed by atoms with Crippen molar-refractivity contribution in [2.75, 3.05) is 27.4 Å². The normalized spacial score (nSPS) is 13.8. The molecular weight excluding hydrogens is 256 g/mol. The smallest absolute Gasteiger partial charge is 0.123 e. The van der Waals surface area contributed by atoms with Crippen LogP contribution in [0.5, 0.6) is 11.5 Å². The van der Waals surface area contributed by atoms with E-state index in [1.807, 2.05) is 18.2 Å². The monoisotopic (exact) mass is 282 g/mol. The fourth-order valence-corrected chi connectivity index (χ4v) is 2.24. The van der Waals surface area contributed by atoms with Gasteiger partial charge in [-0.2, -0.15) is 0 Å².